The second kappa shape index (κ2) is 9.40. The average Bonchev–Trinajstić information content (AvgIpc) is 3.41. The van der Waals surface area contributed by atoms with Crippen LogP contribution in [0.25, 0.3) is 0 Å². The number of aliphatic carboxylic acids is 1. The molecule has 2 aliphatic heterocycles. The van der Waals surface area contributed by atoms with Crippen molar-refractivity contribution in [1.29, 1.82) is 0 Å². The molecule has 32 heavy (non-hydrogen) atoms. The minimum atomic E-state index is -3.85. The van der Waals surface area contributed by atoms with Crippen LogP contribution in [0.3, 0.4) is 0 Å². The van der Waals surface area contributed by atoms with Crippen molar-refractivity contribution in [1.82, 2.24) is 20.3 Å². The Morgan fingerprint density at radius 1 is 1.50 bits per heavy atom. The van der Waals surface area contributed by atoms with Gasteiger partial charge in [-0.15, -0.1) is 22.9 Å². The number of anilines is 1. The van der Waals surface area contributed by atoms with Crippen LogP contribution in [0.15, 0.2) is 21.1 Å². The second-order valence-electron chi connectivity index (χ2n) is 6.54. The van der Waals surface area contributed by atoms with Gasteiger partial charge >= 0.3 is 5.97 Å². The molecule has 1 fully saturated rings. The zero-order chi connectivity index (χ0) is 23.6. The maximum atomic E-state index is 12.9. The predicted octanol–water partition coefficient (Wildman–Crippen LogP) is -1.03. The third-order valence-electron chi connectivity index (χ3n) is 4.55. The lowest BCUT2D eigenvalue weighted by Crippen LogP contribution is -2.46. The minimum absolute atomic E-state index is 0.0172. The normalized spacial score (nSPS) is 19.4. The van der Waals surface area contributed by atoms with Crippen LogP contribution in [0.5, 0.6) is 0 Å². The molecule has 0 aromatic carbocycles. The van der Waals surface area contributed by atoms with Crippen molar-refractivity contribution >= 4 is 61.4 Å². The van der Waals surface area contributed by atoms with Gasteiger partial charge in [0, 0.05) is 11.9 Å². The lowest BCUT2D eigenvalue weighted by atomic mass is 10.2. The summed E-state index contributed by atoms with van der Waals surface area (Å²) in [6, 6.07) is -1.16. The number of carbonyl (C=O) groups excluding carboxylic acids is 2. The van der Waals surface area contributed by atoms with Crippen molar-refractivity contribution in [2.45, 2.75) is 13.0 Å². The van der Waals surface area contributed by atoms with Gasteiger partial charge in [0.05, 0.1) is 23.1 Å². The molecule has 0 aliphatic carbocycles. The highest BCUT2D eigenvalue weighted by Gasteiger charge is 2.50. The monoisotopic (exact) mass is 506 g/mol. The van der Waals surface area contributed by atoms with Gasteiger partial charge in [-0.25, -0.2) is 28.2 Å². The Morgan fingerprint density at radius 3 is 2.78 bits per heavy atom. The van der Waals surface area contributed by atoms with Gasteiger partial charge in [-0.1, -0.05) is 12.1 Å². The number of nitrogens with one attached hydrogen (secondary N) is 1. The number of oxime groups is 1. The van der Waals surface area contributed by atoms with Crippen LogP contribution in [-0.4, -0.2) is 89.4 Å². The Balaban J connectivity index is 1.84. The van der Waals surface area contributed by atoms with Crippen LogP contribution in [0.1, 0.15) is 12.6 Å². The van der Waals surface area contributed by atoms with Crippen LogP contribution in [0.2, 0.25) is 0 Å². The van der Waals surface area contributed by atoms with Gasteiger partial charge in [0.15, 0.2) is 26.4 Å². The van der Waals surface area contributed by atoms with E-state index in [4.69, 9.17) is 22.2 Å². The minimum Gasteiger partial charge on any atom is -0.476 e. The Labute approximate surface area is 191 Å². The third-order valence-corrected chi connectivity index (χ3v) is 7.21. The zero-order valence-electron chi connectivity index (χ0n) is 16.6. The highest BCUT2D eigenvalue weighted by molar-refractivity contribution is 7.95. The molecule has 0 radical (unpaired) electrons. The highest BCUT2D eigenvalue weighted by atomic mass is 35.5. The maximum absolute atomic E-state index is 12.9. The van der Waals surface area contributed by atoms with Crippen LogP contribution < -0.4 is 11.1 Å². The summed E-state index contributed by atoms with van der Waals surface area (Å²) in [5.74, 6) is -3.36. The van der Waals surface area contributed by atoms with Gasteiger partial charge in [-0.05, 0) is 0 Å². The molecule has 2 aliphatic rings. The number of aromatic nitrogens is 1. The number of nitrogen functional groups attached to an aromatic ring is 1. The van der Waals surface area contributed by atoms with Crippen molar-refractivity contribution in [3.05, 3.63) is 21.7 Å². The Bertz CT molecular complexity index is 1120. The molecule has 13 nitrogen and oxygen atoms in total. The third kappa shape index (κ3) is 4.55. The molecule has 2 amide bonds. The SMILES string of the molecule is CCS(=O)(=O)C1=C(C(=O)O)N2C(=O)[C@@H](NC(=O)/C(=N/OCCCl)c3csc(N)n3)CN2C1. The highest BCUT2D eigenvalue weighted by Crippen LogP contribution is 2.32. The van der Waals surface area contributed by atoms with E-state index in [-0.39, 0.29) is 52.8 Å². The quantitative estimate of drug-likeness (QED) is 0.162. The number of carboxylic acids is 1. The molecule has 1 saturated heterocycles. The molecule has 1 atom stereocenters. The van der Waals surface area contributed by atoms with Crippen LogP contribution in [-0.2, 0) is 29.1 Å². The van der Waals surface area contributed by atoms with E-state index in [9.17, 15) is 27.9 Å². The van der Waals surface area contributed by atoms with Crippen molar-refractivity contribution in [2.24, 2.45) is 5.16 Å². The van der Waals surface area contributed by atoms with Gasteiger partial charge in [-0.2, -0.15) is 0 Å². The molecule has 0 saturated carbocycles. The number of nitrogens with zero attached hydrogens (tertiary/aromatic N) is 4. The number of fused-ring (bicyclic) bond motifs is 1. The molecule has 3 rings (SSSR count). The molecule has 4 N–H and O–H groups in total. The molecule has 1 aromatic heterocycles. The number of rotatable bonds is 9. The van der Waals surface area contributed by atoms with Crippen molar-refractivity contribution in [3.8, 4) is 0 Å². The van der Waals surface area contributed by atoms with Gasteiger partial charge < -0.3 is 21.0 Å². The summed E-state index contributed by atoms with van der Waals surface area (Å²) in [5.41, 5.74) is 4.83. The van der Waals surface area contributed by atoms with E-state index in [2.05, 4.69) is 15.5 Å². The Hall–Kier alpha value is -2.75. The van der Waals surface area contributed by atoms with Crippen LogP contribution >= 0.6 is 22.9 Å². The Morgan fingerprint density at radius 2 is 2.22 bits per heavy atom. The standard InChI is InChI=1S/C16H19ClN6O7S2/c1-2-32(28,29)10-6-22-5-8(14(25)23(22)12(10)15(26)27)19-13(24)11(21-30-4-3-17)9-7-31-16(18)20-9/h7-8H,2-6H2,1H3,(H2,18,20)(H,19,24)(H,26,27)/b21-11+/t8-/m0/s1. The lowest BCUT2D eigenvalue weighted by molar-refractivity contribution is -0.143. The molecule has 3 heterocycles. The number of amides is 2. The molecule has 0 unspecified atom stereocenters. The molecule has 174 valence electrons. The van der Waals surface area contributed by atoms with Crippen molar-refractivity contribution < 1.29 is 32.7 Å². The summed E-state index contributed by atoms with van der Waals surface area (Å²) >= 11 is 6.61. The first-order valence-corrected chi connectivity index (χ1v) is 12.2. The molecular weight excluding hydrogens is 488 g/mol. The maximum Gasteiger partial charge on any atom is 0.355 e. The molecule has 0 bridgehead atoms. The number of hydrogen-bond acceptors (Lipinski definition) is 11. The average molecular weight is 507 g/mol. The number of carbonyl (C=O) groups is 3. The number of halogens is 1. The predicted molar refractivity (Wildman–Crippen MR) is 114 cm³/mol. The number of sulfone groups is 1. The van der Waals surface area contributed by atoms with Crippen LogP contribution in [0, 0.1) is 0 Å². The first-order valence-electron chi connectivity index (χ1n) is 9.16. The van der Waals surface area contributed by atoms with Gasteiger partial charge in [-0.3, -0.25) is 9.59 Å². The summed E-state index contributed by atoms with van der Waals surface area (Å²) in [6.07, 6.45) is 0. The summed E-state index contributed by atoms with van der Waals surface area (Å²) in [6.45, 7) is 0.963. The van der Waals surface area contributed by atoms with Crippen LogP contribution in [0.4, 0.5) is 5.13 Å². The lowest BCUT2D eigenvalue weighted by Gasteiger charge is -2.18. The van der Waals surface area contributed by atoms with Crippen molar-refractivity contribution in [2.75, 3.05) is 37.1 Å². The zero-order valence-corrected chi connectivity index (χ0v) is 19.0. The van der Waals surface area contributed by atoms with Crippen molar-refractivity contribution in [3.63, 3.8) is 0 Å². The number of alkyl halides is 1. The summed E-state index contributed by atoms with van der Waals surface area (Å²) in [5, 5.41) is 19.4. The fourth-order valence-corrected chi connectivity index (χ4v) is 4.89. The van der Waals surface area contributed by atoms with E-state index in [1.54, 1.807) is 0 Å². The summed E-state index contributed by atoms with van der Waals surface area (Å²) in [7, 11) is -3.85. The Kier molecular flexibility index (Phi) is 7.02. The first-order chi connectivity index (χ1) is 15.1. The van der Waals surface area contributed by atoms with E-state index in [0.717, 1.165) is 16.3 Å². The summed E-state index contributed by atoms with van der Waals surface area (Å²) < 4.78 is 24.6. The topological polar surface area (TPSA) is 185 Å². The number of nitrogens with two attached hydrogens (primary N) is 1. The van der Waals surface area contributed by atoms with E-state index >= 15 is 0 Å². The molecule has 16 heteroatoms. The number of thiazole rings is 1. The summed E-state index contributed by atoms with van der Waals surface area (Å²) in [4.78, 5) is 46.0. The fourth-order valence-electron chi connectivity index (χ4n) is 3.11. The number of hydrazine groups is 1. The van der Waals surface area contributed by atoms with E-state index in [1.165, 1.54) is 17.3 Å². The van der Waals surface area contributed by atoms with E-state index < -0.39 is 39.4 Å². The van der Waals surface area contributed by atoms with E-state index in [1.807, 2.05) is 0 Å². The van der Waals surface area contributed by atoms with Gasteiger partial charge in [0.2, 0.25) is 0 Å². The molecule has 1 aromatic rings. The number of hydrogen-bond donors (Lipinski definition) is 3. The molecular formula is C16H19ClN6O7S2. The molecule has 0 spiro atoms. The largest absolute Gasteiger partial charge is 0.476 e. The van der Waals surface area contributed by atoms with Gasteiger partial charge in [0.1, 0.15) is 18.3 Å². The second-order valence-corrected chi connectivity index (χ2v) is 10.1. The van der Waals surface area contributed by atoms with Gasteiger partial charge in [0.25, 0.3) is 11.8 Å². The van der Waals surface area contributed by atoms with E-state index in [0.29, 0.717) is 0 Å². The fraction of sp³-hybridized carbons (Fsp3) is 0.438. The number of carboxylic acid groups (broad SMARTS) is 1. The smallest absolute Gasteiger partial charge is 0.355 e. The first kappa shape index (κ1) is 23.9.